The Morgan fingerprint density at radius 1 is 0.276 bits per heavy atom. The van der Waals surface area contributed by atoms with Gasteiger partial charge in [-0.15, -0.1) is 0 Å². The van der Waals surface area contributed by atoms with E-state index in [1.165, 1.54) is 212 Å². The standard InChI is InChI=1S/C79H154O17P2/c1-8-9-10-11-12-13-14-15-16-17-18-19-20-21-24-28-31-34-39-48-55-62-78(83)95-74(66-89-76(81)60-53-46-38-33-30-27-25-22-23-26-29-32-36-43-50-57-70(2)3)68-93-97(85,86)91-64-73(80)65-92-98(87,88)94-69-75(67-90-77(82)61-54-47-42-41-45-52-59-72(6)7)96-79(84)63-56-49-40-35-37-44-51-58-71(4)5/h70-75,80H,8-69H2,1-7H3,(H,85,86)(H,87,88)/t73-,74-,75-/m1/s1. The second-order valence-corrected chi connectivity index (χ2v) is 32.8. The molecule has 5 atom stereocenters. The van der Waals surface area contributed by atoms with Crippen molar-refractivity contribution in [2.75, 3.05) is 39.6 Å². The molecular formula is C79H154O17P2. The van der Waals surface area contributed by atoms with Gasteiger partial charge in [0, 0.05) is 25.7 Å². The van der Waals surface area contributed by atoms with Gasteiger partial charge in [0.05, 0.1) is 26.4 Å². The zero-order valence-electron chi connectivity index (χ0n) is 64.3. The highest BCUT2D eigenvalue weighted by atomic mass is 31.2. The minimum absolute atomic E-state index is 0.102. The van der Waals surface area contributed by atoms with Crippen LogP contribution in [0.1, 0.15) is 408 Å². The first kappa shape index (κ1) is 96.1. The van der Waals surface area contributed by atoms with Gasteiger partial charge in [-0.05, 0) is 43.4 Å². The van der Waals surface area contributed by atoms with E-state index in [1.807, 2.05) is 0 Å². The molecule has 0 aliphatic carbocycles. The predicted molar refractivity (Wildman–Crippen MR) is 400 cm³/mol. The molecule has 17 nitrogen and oxygen atoms in total. The van der Waals surface area contributed by atoms with Crippen LogP contribution in [-0.2, 0) is 65.4 Å². The molecule has 0 radical (unpaired) electrons. The number of aliphatic hydroxyl groups excluding tert-OH is 1. The number of unbranched alkanes of at least 4 members (excludes halogenated alkanes) is 45. The average Bonchev–Trinajstić information content (AvgIpc) is 0.977. The van der Waals surface area contributed by atoms with Crippen molar-refractivity contribution in [2.24, 2.45) is 17.8 Å². The van der Waals surface area contributed by atoms with Crippen molar-refractivity contribution in [3.8, 4) is 0 Å². The highest BCUT2D eigenvalue weighted by molar-refractivity contribution is 7.47. The van der Waals surface area contributed by atoms with Gasteiger partial charge in [-0.1, -0.05) is 357 Å². The topological polar surface area (TPSA) is 237 Å². The Bertz CT molecular complexity index is 1900. The number of aliphatic hydroxyl groups is 1. The first-order chi connectivity index (χ1) is 47.2. The van der Waals surface area contributed by atoms with Gasteiger partial charge in [0.1, 0.15) is 19.3 Å². The van der Waals surface area contributed by atoms with E-state index < -0.39 is 97.5 Å². The molecule has 0 aromatic rings. The lowest BCUT2D eigenvalue weighted by atomic mass is 10.0. The monoisotopic (exact) mass is 1440 g/mol. The van der Waals surface area contributed by atoms with Gasteiger partial charge in [0.25, 0.3) is 0 Å². The fourth-order valence-electron chi connectivity index (χ4n) is 12.1. The summed E-state index contributed by atoms with van der Waals surface area (Å²) in [6.45, 7) is 11.8. The third kappa shape index (κ3) is 72.4. The molecule has 0 fully saturated rings. The van der Waals surface area contributed by atoms with Gasteiger partial charge in [-0.25, -0.2) is 9.13 Å². The number of esters is 4. The highest BCUT2D eigenvalue weighted by Crippen LogP contribution is 2.45. The van der Waals surface area contributed by atoms with Crippen molar-refractivity contribution in [1.82, 2.24) is 0 Å². The first-order valence-electron chi connectivity index (χ1n) is 40.8. The number of hydrogen-bond acceptors (Lipinski definition) is 15. The van der Waals surface area contributed by atoms with E-state index in [4.69, 9.17) is 37.0 Å². The summed E-state index contributed by atoms with van der Waals surface area (Å²) in [6.07, 6.45) is 57.4. The fraction of sp³-hybridized carbons (Fsp3) is 0.949. The van der Waals surface area contributed by atoms with E-state index in [0.717, 1.165) is 102 Å². The molecule has 0 rings (SSSR count). The van der Waals surface area contributed by atoms with Crippen LogP contribution in [0, 0.1) is 17.8 Å². The van der Waals surface area contributed by atoms with Crippen molar-refractivity contribution < 1.29 is 80.2 Å². The second kappa shape index (κ2) is 69.4. The number of carbonyl (C=O) groups excluding carboxylic acids is 4. The number of phosphoric ester groups is 2. The number of phosphoric acid groups is 2. The summed E-state index contributed by atoms with van der Waals surface area (Å²) in [5.41, 5.74) is 0. The van der Waals surface area contributed by atoms with Crippen LogP contribution in [-0.4, -0.2) is 96.7 Å². The summed E-state index contributed by atoms with van der Waals surface area (Å²) in [5, 5.41) is 10.6. The van der Waals surface area contributed by atoms with Crippen LogP contribution >= 0.6 is 15.6 Å². The van der Waals surface area contributed by atoms with Crippen LogP contribution in [0.15, 0.2) is 0 Å². The zero-order chi connectivity index (χ0) is 72.3. The molecule has 2 unspecified atom stereocenters. The quantitative estimate of drug-likeness (QED) is 0.0222. The highest BCUT2D eigenvalue weighted by Gasteiger charge is 2.30. The largest absolute Gasteiger partial charge is 0.472 e. The van der Waals surface area contributed by atoms with Gasteiger partial charge < -0.3 is 33.8 Å². The lowest BCUT2D eigenvalue weighted by molar-refractivity contribution is -0.161. The smallest absolute Gasteiger partial charge is 0.462 e. The van der Waals surface area contributed by atoms with Crippen LogP contribution in [0.3, 0.4) is 0 Å². The third-order valence-electron chi connectivity index (χ3n) is 18.4. The van der Waals surface area contributed by atoms with Crippen molar-refractivity contribution >= 4 is 39.5 Å². The van der Waals surface area contributed by atoms with Crippen LogP contribution in [0.5, 0.6) is 0 Å². The summed E-state index contributed by atoms with van der Waals surface area (Å²) in [7, 11) is -9.91. The lowest BCUT2D eigenvalue weighted by Gasteiger charge is -2.21. The summed E-state index contributed by atoms with van der Waals surface area (Å²) < 4.78 is 68.5. The Kier molecular flexibility index (Phi) is 68.1. The number of ether oxygens (including phenoxy) is 4. The zero-order valence-corrected chi connectivity index (χ0v) is 66.0. The second-order valence-electron chi connectivity index (χ2n) is 29.9. The number of carbonyl (C=O) groups is 4. The van der Waals surface area contributed by atoms with Crippen molar-refractivity contribution in [3.63, 3.8) is 0 Å². The Morgan fingerprint density at radius 3 is 0.694 bits per heavy atom. The maximum Gasteiger partial charge on any atom is 0.472 e. The van der Waals surface area contributed by atoms with Crippen LogP contribution in [0.4, 0.5) is 0 Å². The molecule has 0 bridgehead atoms. The third-order valence-corrected chi connectivity index (χ3v) is 20.3. The van der Waals surface area contributed by atoms with Gasteiger partial charge in [-0.3, -0.25) is 37.3 Å². The molecule has 0 aliphatic heterocycles. The van der Waals surface area contributed by atoms with Crippen LogP contribution in [0.2, 0.25) is 0 Å². The molecule has 0 amide bonds. The molecule has 19 heteroatoms. The van der Waals surface area contributed by atoms with Crippen molar-refractivity contribution in [2.45, 2.75) is 426 Å². The molecule has 3 N–H and O–H groups in total. The van der Waals surface area contributed by atoms with Gasteiger partial charge in [0.2, 0.25) is 0 Å². The Balaban J connectivity index is 5.18. The molecule has 98 heavy (non-hydrogen) atoms. The van der Waals surface area contributed by atoms with E-state index in [1.54, 1.807) is 0 Å². The normalized spacial score (nSPS) is 14.0. The summed E-state index contributed by atoms with van der Waals surface area (Å²) in [4.78, 5) is 72.8. The minimum Gasteiger partial charge on any atom is -0.462 e. The van der Waals surface area contributed by atoms with Crippen molar-refractivity contribution in [3.05, 3.63) is 0 Å². The molecule has 0 saturated carbocycles. The predicted octanol–water partition coefficient (Wildman–Crippen LogP) is 23.4. The first-order valence-corrected chi connectivity index (χ1v) is 43.8. The van der Waals surface area contributed by atoms with Crippen LogP contribution < -0.4 is 0 Å². The molecule has 0 heterocycles. The Morgan fingerprint density at radius 2 is 0.469 bits per heavy atom. The summed E-state index contributed by atoms with van der Waals surface area (Å²) in [5.74, 6) is 0.0611. The van der Waals surface area contributed by atoms with E-state index >= 15 is 0 Å². The fourth-order valence-corrected chi connectivity index (χ4v) is 13.7. The molecular weight excluding hydrogens is 1280 g/mol. The van der Waals surface area contributed by atoms with Gasteiger partial charge in [0.15, 0.2) is 12.2 Å². The SMILES string of the molecule is CCCCCCCCCCCCCCCCCCCCCCCC(=O)O[C@H](COC(=O)CCCCCCCCCCCCCCCCCC(C)C)COP(=O)(O)OC[C@@H](O)COP(=O)(O)OC[C@@H](COC(=O)CCCCCCCCC(C)C)OC(=O)CCCCCCCCCC(C)C. The molecule has 0 aromatic carbocycles. The Hall–Kier alpha value is -1.94. The molecule has 582 valence electrons. The maximum atomic E-state index is 13.1. The summed E-state index contributed by atoms with van der Waals surface area (Å²) >= 11 is 0. The molecule has 0 spiro atoms. The molecule has 0 aliphatic rings. The molecule has 0 aromatic heterocycles. The van der Waals surface area contributed by atoms with Crippen molar-refractivity contribution in [1.29, 1.82) is 0 Å². The van der Waals surface area contributed by atoms with E-state index in [2.05, 4.69) is 48.5 Å². The average molecular weight is 1440 g/mol. The maximum absolute atomic E-state index is 13.1. The van der Waals surface area contributed by atoms with Crippen LogP contribution in [0.25, 0.3) is 0 Å². The number of rotatable bonds is 77. The number of hydrogen-bond donors (Lipinski definition) is 3. The Labute approximate surface area is 600 Å². The van der Waals surface area contributed by atoms with E-state index in [-0.39, 0.29) is 25.7 Å². The summed E-state index contributed by atoms with van der Waals surface area (Å²) in [6, 6.07) is 0. The minimum atomic E-state index is -4.96. The van der Waals surface area contributed by atoms with E-state index in [0.29, 0.717) is 37.5 Å². The van der Waals surface area contributed by atoms with E-state index in [9.17, 15) is 43.2 Å². The van der Waals surface area contributed by atoms with Gasteiger partial charge in [-0.2, -0.15) is 0 Å². The lowest BCUT2D eigenvalue weighted by Crippen LogP contribution is -2.30. The van der Waals surface area contributed by atoms with Gasteiger partial charge >= 0.3 is 39.5 Å². The molecule has 0 saturated heterocycles.